The van der Waals surface area contributed by atoms with Crippen molar-refractivity contribution in [3.8, 4) is 0 Å². The summed E-state index contributed by atoms with van der Waals surface area (Å²) in [5, 5.41) is 19.2. The van der Waals surface area contributed by atoms with Crippen LogP contribution in [0, 0.1) is 6.92 Å². The van der Waals surface area contributed by atoms with Gasteiger partial charge in [-0.2, -0.15) is 4.31 Å². The summed E-state index contributed by atoms with van der Waals surface area (Å²) in [5.74, 6) is 0. The summed E-state index contributed by atoms with van der Waals surface area (Å²) < 4.78 is 26.6. The van der Waals surface area contributed by atoms with E-state index in [4.69, 9.17) is 0 Å². The Bertz CT molecular complexity index is 624. The number of aliphatic hydroxyl groups excluding tert-OH is 2. The summed E-state index contributed by atoms with van der Waals surface area (Å²) in [6.07, 6.45) is -2.04. The van der Waals surface area contributed by atoms with Crippen LogP contribution in [0.3, 0.4) is 0 Å². The van der Waals surface area contributed by atoms with E-state index in [1.54, 1.807) is 19.1 Å². The molecule has 0 aliphatic carbocycles. The SMILES string of the molecule is Cc1ccc(C(C)(C)C)cc1S(=O)(=O)N1C[C@@H](O)[C@@H](O)C1. The molecule has 1 aliphatic heterocycles. The fraction of sp³-hybridized carbons (Fsp3) is 0.600. The summed E-state index contributed by atoms with van der Waals surface area (Å²) in [7, 11) is -3.70. The van der Waals surface area contributed by atoms with Crippen LogP contribution in [0.1, 0.15) is 31.9 Å². The topological polar surface area (TPSA) is 77.8 Å². The molecule has 6 heteroatoms. The normalized spacial score (nSPS) is 24.5. The second-order valence-corrected chi connectivity index (χ2v) is 8.59. The summed E-state index contributed by atoms with van der Waals surface area (Å²) in [6, 6.07) is 5.43. The molecule has 5 nitrogen and oxygen atoms in total. The van der Waals surface area contributed by atoms with Crippen molar-refractivity contribution >= 4 is 10.0 Å². The van der Waals surface area contributed by atoms with E-state index in [1.807, 2.05) is 26.8 Å². The highest BCUT2D eigenvalue weighted by Crippen LogP contribution is 2.29. The van der Waals surface area contributed by atoms with E-state index in [0.29, 0.717) is 5.56 Å². The van der Waals surface area contributed by atoms with Gasteiger partial charge in [0.2, 0.25) is 10.0 Å². The number of nitrogens with zero attached hydrogens (tertiary/aromatic N) is 1. The number of rotatable bonds is 2. The minimum atomic E-state index is -3.70. The maximum atomic E-state index is 12.7. The molecule has 0 amide bonds. The number of hydrogen-bond acceptors (Lipinski definition) is 4. The highest BCUT2D eigenvalue weighted by molar-refractivity contribution is 7.89. The predicted molar refractivity (Wildman–Crippen MR) is 80.7 cm³/mol. The first-order valence-electron chi connectivity index (χ1n) is 7.01. The molecule has 21 heavy (non-hydrogen) atoms. The molecule has 1 aromatic rings. The summed E-state index contributed by atoms with van der Waals surface area (Å²) in [5.41, 5.74) is 1.45. The lowest BCUT2D eigenvalue weighted by Crippen LogP contribution is -2.30. The van der Waals surface area contributed by atoms with Gasteiger partial charge in [-0.15, -0.1) is 0 Å². The van der Waals surface area contributed by atoms with Gasteiger partial charge in [0.05, 0.1) is 17.1 Å². The molecule has 1 aliphatic rings. The second-order valence-electron chi connectivity index (χ2n) is 6.69. The molecular weight excluding hydrogens is 290 g/mol. The van der Waals surface area contributed by atoms with E-state index < -0.39 is 22.2 Å². The van der Waals surface area contributed by atoms with Crippen molar-refractivity contribution in [1.29, 1.82) is 0 Å². The van der Waals surface area contributed by atoms with Crippen molar-refractivity contribution in [1.82, 2.24) is 4.31 Å². The molecule has 2 N–H and O–H groups in total. The number of hydrogen-bond donors (Lipinski definition) is 2. The highest BCUT2D eigenvalue weighted by atomic mass is 32.2. The standard InChI is InChI=1S/C15H23NO4S/c1-10-5-6-11(15(2,3)4)7-14(10)21(19,20)16-8-12(17)13(18)9-16/h5-7,12-13,17-18H,8-9H2,1-4H3/t12-,13+. The smallest absolute Gasteiger partial charge is 0.243 e. The summed E-state index contributed by atoms with van der Waals surface area (Å²) in [4.78, 5) is 0.247. The van der Waals surface area contributed by atoms with Crippen molar-refractivity contribution in [2.45, 2.75) is 50.2 Å². The van der Waals surface area contributed by atoms with Crippen molar-refractivity contribution < 1.29 is 18.6 Å². The molecule has 2 rings (SSSR count). The Kier molecular flexibility index (Phi) is 4.19. The highest BCUT2D eigenvalue weighted by Gasteiger charge is 2.38. The molecule has 1 aromatic carbocycles. The van der Waals surface area contributed by atoms with E-state index in [2.05, 4.69) is 0 Å². The number of aliphatic hydroxyl groups is 2. The van der Waals surface area contributed by atoms with Gasteiger partial charge < -0.3 is 10.2 Å². The Morgan fingerprint density at radius 3 is 2.14 bits per heavy atom. The van der Waals surface area contributed by atoms with Gasteiger partial charge >= 0.3 is 0 Å². The fourth-order valence-electron chi connectivity index (χ4n) is 2.42. The third-order valence-corrected chi connectivity index (χ3v) is 5.87. The summed E-state index contributed by atoms with van der Waals surface area (Å²) in [6.45, 7) is 7.69. The third kappa shape index (κ3) is 3.13. The molecule has 0 unspecified atom stereocenters. The first-order chi connectivity index (χ1) is 9.53. The van der Waals surface area contributed by atoms with Crippen molar-refractivity contribution in [2.75, 3.05) is 13.1 Å². The van der Waals surface area contributed by atoms with Gasteiger partial charge in [0, 0.05) is 13.1 Å². The monoisotopic (exact) mass is 313 g/mol. The lowest BCUT2D eigenvalue weighted by atomic mass is 9.87. The minimum absolute atomic E-state index is 0.0668. The second kappa shape index (κ2) is 5.35. The lowest BCUT2D eigenvalue weighted by molar-refractivity contribution is 0.0572. The maximum Gasteiger partial charge on any atom is 0.243 e. The van der Waals surface area contributed by atoms with E-state index in [9.17, 15) is 18.6 Å². The lowest BCUT2D eigenvalue weighted by Gasteiger charge is -2.22. The van der Waals surface area contributed by atoms with Crippen molar-refractivity contribution in [3.05, 3.63) is 29.3 Å². The van der Waals surface area contributed by atoms with E-state index in [0.717, 1.165) is 9.87 Å². The van der Waals surface area contributed by atoms with E-state index in [1.165, 1.54) is 0 Å². The minimum Gasteiger partial charge on any atom is -0.389 e. The molecule has 0 aromatic heterocycles. The summed E-state index contributed by atoms with van der Waals surface area (Å²) >= 11 is 0. The molecule has 1 saturated heterocycles. The molecular formula is C15H23NO4S. The van der Waals surface area contributed by atoms with E-state index in [-0.39, 0.29) is 23.4 Å². The number of β-amino-alcohol motifs (C(OH)–C–C–N with tert-alkyl or cyclic N) is 2. The van der Waals surface area contributed by atoms with Crippen molar-refractivity contribution in [2.24, 2.45) is 0 Å². The van der Waals surface area contributed by atoms with Crippen LogP contribution < -0.4 is 0 Å². The van der Waals surface area contributed by atoms with Crippen LogP contribution >= 0.6 is 0 Å². The van der Waals surface area contributed by atoms with Crippen LogP contribution in [0.4, 0.5) is 0 Å². The van der Waals surface area contributed by atoms with Crippen LogP contribution in [0.15, 0.2) is 23.1 Å². The Balaban J connectivity index is 2.45. The van der Waals surface area contributed by atoms with E-state index >= 15 is 0 Å². The van der Waals surface area contributed by atoms with Gasteiger partial charge in [-0.05, 0) is 29.5 Å². The Morgan fingerprint density at radius 2 is 1.67 bits per heavy atom. The molecule has 0 radical (unpaired) electrons. The van der Waals surface area contributed by atoms with Crippen LogP contribution in [0.25, 0.3) is 0 Å². The molecule has 0 spiro atoms. The molecule has 1 fully saturated rings. The zero-order valence-electron chi connectivity index (χ0n) is 12.9. The van der Waals surface area contributed by atoms with Gasteiger partial charge in [0.1, 0.15) is 0 Å². The molecule has 0 bridgehead atoms. The number of aryl methyl sites for hydroxylation is 1. The Hall–Kier alpha value is -0.950. The van der Waals surface area contributed by atoms with Crippen LogP contribution in [0.5, 0.6) is 0 Å². The van der Waals surface area contributed by atoms with Gasteiger partial charge in [0.25, 0.3) is 0 Å². The average molecular weight is 313 g/mol. The van der Waals surface area contributed by atoms with Crippen LogP contribution in [-0.2, 0) is 15.4 Å². The van der Waals surface area contributed by atoms with Crippen LogP contribution in [-0.4, -0.2) is 48.2 Å². The first kappa shape index (κ1) is 16.4. The van der Waals surface area contributed by atoms with Gasteiger partial charge in [0.15, 0.2) is 0 Å². The largest absolute Gasteiger partial charge is 0.389 e. The zero-order chi connectivity index (χ0) is 16.0. The third-order valence-electron chi connectivity index (χ3n) is 3.90. The predicted octanol–water partition coefficient (Wildman–Crippen LogP) is 1.02. The Labute approximate surface area is 126 Å². The maximum absolute atomic E-state index is 12.7. The van der Waals surface area contributed by atoms with Gasteiger partial charge in [-0.25, -0.2) is 8.42 Å². The van der Waals surface area contributed by atoms with Crippen molar-refractivity contribution in [3.63, 3.8) is 0 Å². The van der Waals surface area contributed by atoms with Crippen LogP contribution in [0.2, 0.25) is 0 Å². The average Bonchev–Trinajstić information content (AvgIpc) is 2.69. The molecule has 118 valence electrons. The molecule has 0 saturated carbocycles. The fourth-order valence-corrected chi connectivity index (χ4v) is 4.14. The molecule has 1 heterocycles. The number of sulfonamides is 1. The molecule has 2 atom stereocenters. The quantitative estimate of drug-likeness (QED) is 0.854. The number of benzene rings is 1. The Morgan fingerprint density at radius 1 is 1.14 bits per heavy atom. The zero-order valence-corrected chi connectivity index (χ0v) is 13.7. The van der Waals surface area contributed by atoms with Gasteiger partial charge in [-0.1, -0.05) is 32.9 Å². The van der Waals surface area contributed by atoms with Gasteiger partial charge in [-0.3, -0.25) is 0 Å². The first-order valence-corrected chi connectivity index (χ1v) is 8.45.